The van der Waals surface area contributed by atoms with Gasteiger partial charge in [-0.25, -0.2) is 4.98 Å². The Morgan fingerprint density at radius 3 is 2.73 bits per heavy atom. The predicted molar refractivity (Wildman–Crippen MR) is 115 cm³/mol. The molecule has 0 aliphatic rings. The number of H-pyrrole nitrogens is 2. The molecule has 6 aromatic heterocycles. The highest BCUT2D eigenvalue weighted by Crippen LogP contribution is 2.36. The van der Waals surface area contributed by atoms with Crippen molar-refractivity contribution in [3.8, 4) is 33.1 Å². The molecule has 144 valence electrons. The van der Waals surface area contributed by atoms with E-state index in [0.29, 0.717) is 5.65 Å². The minimum atomic E-state index is -0.218. The highest BCUT2D eigenvalue weighted by Gasteiger charge is 2.16. The largest absolute Gasteiger partial charge is 0.352 e. The van der Waals surface area contributed by atoms with E-state index in [1.54, 1.807) is 30.9 Å². The minimum Gasteiger partial charge on any atom is -0.352 e. The molecule has 0 spiro atoms. The summed E-state index contributed by atoms with van der Waals surface area (Å²) in [6, 6.07) is 13.1. The Morgan fingerprint density at radius 1 is 0.933 bits per heavy atom. The lowest BCUT2D eigenvalue weighted by atomic mass is 10.1. The summed E-state index contributed by atoms with van der Waals surface area (Å²) in [7, 11) is 0. The third kappa shape index (κ3) is 2.69. The topological polar surface area (TPSA) is 83.1 Å². The van der Waals surface area contributed by atoms with E-state index in [4.69, 9.17) is 0 Å². The number of rotatable bonds is 3. The molecule has 6 aromatic rings. The van der Waals surface area contributed by atoms with Gasteiger partial charge >= 0.3 is 0 Å². The van der Waals surface area contributed by atoms with Gasteiger partial charge in [-0.15, -0.1) is 11.3 Å². The SMILES string of the molecule is Fc1ccc(-c2cncc3[nH]c(-c4n[nH]c5ncc(-c6ccccn6)cc45)cc23)s1. The van der Waals surface area contributed by atoms with E-state index in [0.717, 1.165) is 60.7 Å². The fourth-order valence-electron chi connectivity index (χ4n) is 3.62. The molecule has 0 aliphatic heterocycles. The van der Waals surface area contributed by atoms with Crippen LogP contribution in [-0.4, -0.2) is 30.1 Å². The average Bonchev–Trinajstić information content (AvgIpc) is 3.51. The van der Waals surface area contributed by atoms with Crippen LogP contribution in [-0.2, 0) is 0 Å². The lowest BCUT2D eigenvalue weighted by Gasteiger charge is -2.00. The maximum atomic E-state index is 13.6. The lowest BCUT2D eigenvalue weighted by Crippen LogP contribution is -1.85. The van der Waals surface area contributed by atoms with E-state index in [9.17, 15) is 4.39 Å². The van der Waals surface area contributed by atoms with Gasteiger partial charge in [0.15, 0.2) is 10.8 Å². The van der Waals surface area contributed by atoms with Crippen LogP contribution >= 0.6 is 11.3 Å². The summed E-state index contributed by atoms with van der Waals surface area (Å²) in [5.74, 6) is 0. The van der Waals surface area contributed by atoms with Crippen molar-refractivity contribution >= 4 is 33.3 Å². The summed E-state index contributed by atoms with van der Waals surface area (Å²) >= 11 is 1.11. The first-order valence-corrected chi connectivity index (χ1v) is 10.1. The van der Waals surface area contributed by atoms with Gasteiger partial charge in [0.05, 0.1) is 23.1 Å². The molecule has 0 saturated heterocycles. The zero-order chi connectivity index (χ0) is 20.1. The second-order valence-electron chi connectivity index (χ2n) is 6.84. The molecule has 0 saturated carbocycles. The average molecular weight is 412 g/mol. The number of nitrogens with one attached hydrogen (secondary N) is 2. The highest BCUT2D eigenvalue weighted by atomic mass is 32.1. The molecule has 0 fully saturated rings. The van der Waals surface area contributed by atoms with Gasteiger partial charge in [0.2, 0.25) is 0 Å². The van der Waals surface area contributed by atoms with Crippen molar-refractivity contribution in [1.29, 1.82) is 0 Å². The van der Waals surface area contributed by atoms with Crippen LogP contribution in [0.15, 0.2) is 67.3 Å². The summed E-state index contributed by atoms with van der Waals surface area (Å²) in [6.45, 7) is 0. The summed E-state index contributed by atoms with van der Waals surface area (Å²) in [4.78, 5) is 17.4. The van der Waals surface area contributed by atoms with E-state index in [1.807, 2.05) is 30.3 Å². The van der Waals surface area contributed by atoms with Gasteiger partial charge in [-0.3, -0.25) is 15.1 Å². The van der Waals surface area contributed by atoms with Crippen LogP contribution in [0.25, 0.3) is 55.0 Å². The van der Waals surface area contributed by atoms with E-state index >= 15 is 0 Å². The number of halogens is 1. The molecule has 0 aliphatic carbocycles. The predicted octanol–water partition coefficient (Wildman–Crippen LogP) is 5.43. The van der Waals surface area contributed by atoms with Crippen molar-refractivity contribution in [2.45, 2.75) is 0 Å². The first-order chi connectivity index (χ1) is 14.8. The molecule has 6 rings (SSSR count). The molecule has 0 amide bonds. The van der Waals surface area contributed by atoms with Crippen LogP contribution in [0.5, 0.6) is 0 Å². The van der Waals surface area contributed by atoms with E-state index in [2.05, 4.69) is 30.1 Å². The van der Waals surface area contributed by atoms with Crippen LogP contribution in [0.4, 0.5) is 4.39 Å². The number of aromatic nitrogens is 6. The lowest BCUT2D eigenvalue weighted by molar-refractivity contribution is 0.657. The number of hydrogen-bond donors (Lipinski definition) is 2. The molecular weight excluding hydrogens is 399 g/mol. The first-order valence-electron chi connectivity index (χ1n) is 9.24. The van der Waals surface area contributed by atoms with Crippen molar-refractivity contribution in [1.82, 2.24) is 30.1 Å². The Bertz CT molecular complexity index is 1520. The summed E-state index contributed by atoms with van der Waals surface area (Å²) in [5.41, 5.74) is 5.80. The van der Waals surface area contributed by atoms with Crippen molar-refractivity contribution in [2.24, 2.45) is 0 Å². The second kappa shape index (κ2) is 6.57. The van der Waals surface area contributed by atoms with Crippen LogP contribution in [0.3, 0.4) is 0 Å². The fraction of sp³-hybridized carbons (Fsp3) is 0. The van der Waals surface area contributed by atoms with Crippen molar-refractivity contribution in [3.63, 3.8) is 0 Å². The molecule has 6 nitrogen and oxygen atoms in total. The number of nitrogens with zero attached hydrogens (tertiary/aromatic N) is 4. The normalized spacial score (nSPS) is 11.5. The Hall–Kier alpha value is -3.91. The van der Waals surface area contributed by atoms with Gasteiger partial charge in [0.1, 0.15) is 5.69 Å². The van der Waals surface area contributed by atoms with Gasteiger partial charge in [0.25, 0.3) is 0 Å². The van der Waals surface area contributed by atoms with Crippen molar-refractivity contribution in [2.75, 3.05) is 0 Å². The summed E-state index contributed by atoms with van der Waals surface area (Å²) in [5, 5.41) is 9.12. The van der Waals surface area contributed by atoms with E-state index < -0.39 is 0 Å². The van der Waals surface area contributed by atoms with Gasteiger partial charge in [-0.2, -0.15) is 9.49 Å². The molecule has 0 bridgehead atoms. The molecule has 0 atom stereocenters. The Morgan fingerprint density at radius 2 is 1.90 bits per heavy atom. The van der Waals surface area contributed by atoms with E-state index in [1.165, 1.54) is 6.07 Å². The Balaban J connectivity index is 1.52. The highest BCUT2D eigenvalue weighted by molar-refractivity contribution is 7.14. The monoisotopic (exact) mass is 412 g/mol. The first kappa shape index (κ1) is 17.0. The smallest absolute Gasteiger partial charge is 0.176 e. The number of thiophene rings is 1. The molecular formula is C22H13FN6S. The summed E-state index contributed by atoms with van der Waals surface area (Å²) < 4.78 is 13.6. The summed E-state index contributed by atoms with van der Waals surface area (Å²) in [6.07, 6.45) is 7.06. The minimum absolute atomic E-state index is 0.218. The van der Waals surface area contributed by atoms with Gasteiger partial charge in [-0.05, 0) is 36.4 Å². The quantitative estimate of drug-likeness (QED) is 0.406. The number of pyridine rings is 3. The van der Waals surface area contributed by atoms with Crippen LogP contribution in [0.1, 0.15) is 0 Å². The number of hydrogen-bond acceptors (Lipinski definition) is 5. The second-order valence-corrected chi connectivity index (χ2v) is 7.88. The third-order valence-corrected chi connectivity index (χ3v) is 5.92. The maximum Gasteiger partial charge on any atom is 0.176 e. The third-order valence-electron chi connectivity index (χ3n) is 5.02. The van der Waals surface area contributed by atoms with Crippen molar-refractivity contribution in [3.05, 3.63) is 72.4 Å². The molecule has 0 radical (unpaired) electrons. The Kier molecular flexibility index (Phi) is 3.72. The van der Waals surface area contributed by atoms with Gasteiger partial charge in [0, 0.05) is 45.4 Å². The molecule has 0 aromatic carbocycles. The number of fused-ring (bicyclic) bond motifs is 2. The number of aromatic amines is 2. The Labute approximate surface area is 173 Å². The zero-order valence-corrected chi connectivity index (χ0v) is 16.2. The maximum absolute atomic E-state index is 13.6. The van der Waals surface area contributed by atoms with Crippen LogP contribution in [0.2, 0.25) is 0 Å². The molecule has 0 unspecified atom stereocenters. The van der Waals surface area contributed by atoms with Gasteiger partial charge < -0.3 is 4.98 Å². The fourth-order valence-corrected chi connectivity index (χ4v) is 4.37. The van der Waals surface area contributed by atoms with Crippen LogP contribution < -0.4 is 0 Å². The van der Waals surface area contributed by atoms with Gasteiger partial charge in [-0.1, -0.05) is 6.07 Å². The molecule has 6 heterocycles. The van der Waals surface area contributed by atoms with E-state index in [-0.39, 0.29) is 5.13 Å². The standard InChI is InChI=1S/C22H13FN6S/c23-20-5-4-19(30-20)15-10-24-11-18-13(15)8-17(27-18)21-14-7-12(9-26-22(14)29-28-21)16-3-1-2-6-25-16/h1-11,27H,(H,26,28,29). The zero-order valence-electron chi connectivity index (χ0n) is 15.4. The molecule has 8 heteroatoms. The van der Waals surface area contributed by atoms with Crippen molar-refractivity contribution < 1.29 is 4.39 Å². The van der Waals surface area contributed by atoms with Crippen LogP contribution in [0, 0.1) is 5.13 Å². The molecule has 2 N–H and O–H groups in total. The molecule has 30 heavy (non-hydrogen) atoms.